The van der Waals surface area contributed by atoms with E-state index in [0.717, 1.165) is 0 Å². The molecule has 2 heterocycles. The molecule has 0 spiro atoms. The third-order valence-corrected chi connectivity index (χ3v) is 3.02. The molecular weight excluding hydrogens is 222 g/mol. The maximum Gasteiger partial charge on any atom is 0.289 e. The van der Waals surface area contributed by atoms with E-state index < -0.39 is 0 Å². The summed E-state index contributed by atoms with van der Waals surface area (Å²) in [5.74, 6) is -0.148. The lowest BCUT2D eigenvalue weighted by Gasteiger charge is -2.29. The molecule has 2 rings (SSSR count). The van der Waals surface area contributed by atoms with Crippen LogP contribution < -0.4 is 11.5 Å². The van der Waals surface area contributed by atoms with Crippen LogP contribution in [-0.2, 0) is 4.79 Å². The van der Waals surface area contributed by atoms with E-state index in [-0.39, 0.29) is 29.4 Å². The lowest BCUT2D eigenvalue weighted by Crippen LogP contribution is -2.41. The molecule has 17 heavy (non-hydrogen) atoms. The van der Waals surface area contributed by atoms with Crippen LogP contribution in [0.15, 0.2) is 16.5 Å². The molecule has 2 amide bonds. The number of furan rings is 1. The van der Waals surface area contributed by atoms with Gasteiger partial charge in [-0.2, -0.15) is 0 Å². The lowest BCUT2D eigenvalue weighted by atomic mass is 9.96. The summed E-state index contributed by atoms with van der Waals surface area (Å²) in [5.41, 5.74) is 10.6. The van der Waals surface area contributed by atoms with Gasteiger partial charge in [0.1, 0.15) is 0 Å². The van der Waals surface area contributed by atoms with Crippen molar-refractivity contribution in [2.24, 2.45) is 11.7 Å². The molecule has 4 N–H and O–H groups in total. The zero-order valence-corrected chi connectivity index (χ0v) is 9.39. The fourth-order valence-corrected chi connectivity index (χ4v) is 1.99. The first-order valence-corrected chi connectivity index (χ1v) is 5.52. The molecule has 0 unspecified atom stereocenters. The second-order valence-electron chi connectivity index (χ2n) is 4.17. The van der Waals surface area contributed by atoms with Gasteiger partial charge < -0.3 is 20.8 Å². The van der Waals surface area contributed by atoms with Crippen LogP contribution >= 0.6 is 0 Å². The Balaban J connectivity index is 1.97. The SMILES string of the molecule is NC(=O)C1CCN(C(=O)c2ccc(N)o2)CC1. The first-order valence-electron chi connectivity index (χ1n) is 5.52. The number of rotatable bonds is 2. The third-order valence-electron chi connectivity index (χ3n) is 3.02. The molecule has 6 nitrogen and oxygen atoms in total. The molecule has 1 aromatic heterocycles. The van der Waals surface area contributed by atoms with Crippen molar-refractivity contribution in [3.05, 3.63) is 17.9 Å². The fourth-order valence-electron chi connectivity index (χ4n) is 1.99. The predicted octanol–water partition coefficient (Wildman–Crippen LogP) is 0.199. The van der Waals surface area contributed by atoms with Crippen molar-refractivity contribution >= 4 is 17.7 Å². The van der Waals surface area contributed by atoms with Crippen molar-refractivity contribution in [2.45, 2.75) is 12.8 Å². The normalized spacial score (nSPS) is 17.1. The Morgan fingerprint density at radius 3 is 2.41 bits per heavy atom. The number of carbonyl (C=O) groups is 2. The van der Waals surface area contributed by atoms with Gasteiger partial charge >= 0.3 is 0 Å². The number of nitrogen functional groups attached to an aromatic ring is 1. The smallest absolute Gasteiger partial charge is 0.289 e. The largest absolute Gasteiger partial charge is 0.436 e. The molecular formula is C11H15N3O3. The van der Waals surface area contributed by atoms with Crippen molar-refractivity contribution < 1.29 is 14.0 Å². The van der Waals surface area contributed by atoms with Gasteiger partial charge in [0.25, 0.3) is 5.91 Å². The quantitative estimate of drug-likeness (QED) is 0.766. The van der Waals surface area contributed by atoms with Gasteiger partial charge in [-0.15, -0.1) is 0 Å². The zero-order chi connectivity index (χ0) is 12.4. The van der Waals surface area contributed by atoms with Gasteiger partial charge in [0, 0.05) is 25.1 Å². The average Bonchev–Trinajstić information content (AvgIpc) is 2.75. The summed E-state index contributed by atoms with van der Waals surface area (Å²) in [5, 5.41) is 0. The second kappa shape index (κ2) is 4.48. The maximum absolute atomic E-state index is 12.0. The lowest BCUT2D eigenvalue weighted by molar-refractivity contribution is -0.123. The van der Waals surface area contributed by atoms with Crippen molar-refractivity contribution in [2.75, 3.05) is 18.8 Å². The second-order valence-corrected chi connectivity index (χ2v) is 4.17. The van der Waals surface area contributed by atoms with Crippen molar-refractivity contribution in [3.8, 4) is 0 Å². The molecule has 1 saturated heterocycles. The molecule has 0 saturated carbocycles. The molecule has 0 aliphatic carbocycles. The highest BCUT2D eigenvalue weighted by Gasteiger charge is 2.27. The van der Waals surface area contributed by atoms with Gasteiger partial charge in [-0.3, -0.25) is 9.59 Å². The van der Waals surface area contributed by atoms with E-state index >= 15 is 0 Å². The fraction of sp³-hybridized carbons (Fsp3) is 0.455. The summed E-state index contributed by atoms with van der Waals surface area (Å²) in [6, 6.07) is 3.10. The Labute approximate surface area is 98.5 Å². The van der Waals surface area contributed by atoms with Gasteiger partial charge in [0.15, 0.2) is 11.6 Å². The summed E-state index contributed by atoms with van der Waals surface area (Å²) in [6.45, 7) is 1.04. The van der Waals surface area contributed by atoms with Crippen LogP contribution in [0.5, 0.6) is 0 Å². The highest BCUT2D eigenvalue weighted by molar-refractivity contribution is 5.92. The third kappa shape index (κ3) is 2.41. The number of carbonyl (C=O) groups excluding carboxylic acids is 2. The zero-order valence-electron chi connectivity index (χ0n) is 9.39. The molecule has 0 radical (unpaired) electrons. The Morgan fingerprint density at radius 1 is 1.29 bits per heavy atom. The van der Waals surface area contributed by atoms with E-state index in [0.29, 0.717) is 25.9 Å². The van der Waals surface area contributed by atoms with Crippen LogP contribution in [0.2, 0.25) is 0 Å². The topological polar surface area (TPSA) is 103 Å². The molecule has 1 aromatic rings. The standard InChI is InChI=1S/C11H15N3O3/c12-9-2-1-8(17-9)11(16)14-5-3-7(4-6-14)10(13)15/h1-2,7H,3-6,12H2,(H2,13,15). The monoisotopic (exact) mass is 237 g/mol. The van der Waals surface area contributed by atoms with E-state index in [2.05, 4.69) is 0 Å². The number of likely N-dealkylation sites (tertiary alicyclic amines) is 1. The van der Waals surface area contributed by atoms with Crippen LogP contribution in [0.25, 0.3) is 0 Å². The minimum absolute atomic E-state index is 0.124. The minimum atomic E-state index is -0.292. The van der Waals surface area contributed by atoms with Crippen LogP contribution in [-0.4, -0.2) is 29.8 Å². The number of nitrogens with zero attached hydrogens (tertiary/aromatic N) is 1. The van der Waals surface area contributed by atoms with Gasteiger partial charge in [0.2, 0.25) is 5.91 Å². The summed E-state index contributed by atoms with van der Waals surface area (Å²) in [7, 11) is 0. The molecule has 92 valence electrons. The molecule has 0 bridgehead atoms. The average molecular weight is 237 g/mol. The first kappa shape index (κ1) is 11.5. The Hall–Kier alpha value is -1.98. The van der Waals surface area contributed by atoms with Crippen LogP contribution in [0.3, 0.4) is 0 Å². The van der Waals surface area contributed by atoms with Crippen molar-refractivity contribution in [3.63, 3.8) is 0 Å². The van der Waals surface area contributed by atoms with Crippen LogP contribution in [0.1, 0.15) is 23.4 Å². The predicted molar refractivity (Wildman–Crippen MR) is 60.9 cm³/mol. The summed E-state index contributed by atoms with van der Waals surface area (Å²) in [4.78, 5) is 24.6. The van der Waals surface area contributed by atoms with Crippen molar-refractivity contribution in [1.29, 1.82) is 0 Å². The van der Waals surface area contributed by atoms with Gasteiger partial charge in [0.05, 0.1) is 0 Å². The number of piperidine rings is 1. The van der Waals surface area contributed by atoms with E-state index in [1.807, 2.05) is 0 Å². The Bertz CT molecular complexity index is 433. The Morgan fingerprint density at radius 2 is 1.94 bits per heavy atom. The molecule has 0 atom stereocenters. The number of nitrogens with two attached hydrogens (primary N) is 2. The van der Waals surface area contributed by atoms with Crippen LogP contribution in [0.4, 0.5) is 5.88 Å². The molecule has 1 aliphatic rings. The highest BCUT2D eigenvalue weighted by Crippen LogP contribution is 2.19. The van der Waals surface area contributed by atoms with E-state index in [4.69, 9.17) is 15.9 Å². The number of hydrogen-bond donors (Lipinski definition) is 2. The summed E-state index contributed by atoms with van der Waals surface area (Å²) >= 11 is 0. The molecule has 1 aliphatic heterocycles. The summed E-state index contributed by atoms with van der Waals surface area (Å²) < 4.78 is 5.07. The number of primary amides is 1. The number of amides is 2. The summed E-state index contributed by atoms with van der Waals surface area (Å²) in [6.07, 6.45) is 1.22. The Kier molecular flexibility index (Phi) is 3.03. The molecule has 6 heteroatoms. The molecule has 1 fully saturated rings. The van der Waals surface area contributed by atoms with Gasteiger partial charge in [-0.1, -0.05) is 0 Å². The maximum atomic E-state index is 12.0. The highest BCUT2D eigenvalue weighted by atomic mass is 16.4. The van der Waals surface area contributed by atoms with E-state index in [1.165, 1.54) is 0 Å². The van der Waals surface area contributed by atoms with Crippen LogP contribution in [0, 0.1) is 5.92 Å². The molecule has 0 aromatic carbocycles. The number of hydrogen-bond acceptors (Lipinski definition) is 4. The van der Waals surface area contributed by atoms with Crippen molar-refractivity contribution in [1.82, 2.24) is 4.90 Å². The number of anilines is 1. The van der Waals surface area contributed by atoms with E-state index in [9.17, 15) is 9.59 Å². The van der Waals surface area contributed by atoms with E-state index in [1.54, 1.807) is 17.0 Å². The first-order chi connectivity index (χ1) is 8.08. The van der Waals surface area contributed by atoms with Gasteiger partial charge in [-0.25, -0.2) is 0 Å². The minimum Gasteiger partial charge on any atom is -0.436 e. The van der Waals surface area contributed by atoms with Gasteiger partial charge in [-0.05, 0) is 18.9 Å².